The van der Waals surface area contributed by atoms with Crippen LogP contribution < -0.4 is 10.6 Å². The molecule has 0 radical (unpaired) electrons. The Bertz CT molecular complexity index is 1460. The lowest BCUT2D eigenvalue weighted by Gasteiger charge is -2.33. The van der Waals surface area contributed by atoms with Gasteiger partial charge in [-0.05, 0) is 80.1 Å². The van der Waals surface area contributed by atoms with Crippen LogP contribution in [-0.4, -0.2) is 45.4 Å². The maximum Gasteiger partial charge on any atom is 0.323 e. The minimum Gasteiger partial charge on any atom is -0.480 e. The number of carboxylic acid groups (broad SMARTS) is 1. The minimum absolute atomic E-state index is 0.0566. The number of hydrogen-bond acceptors (Lipinski definition) is 5. The largest absolute Gasteiger partial charge is 0.480 e. The average Bonchev–Trinajstić information content (AvgIpc) is 2.93. The zero-order valence-electron chi connectivity index (χ0n) is 23.4. The second-order valence-corrected chi connectivity index (χ2v) is 10.5. The molecular weight excluding hydrogens is 524 g/mol. The molecule has 1 fully saturated rings. The molecule has 41 heavy (non-hydrogen) atoms. The van der Waals surface area contributed by atoms with Crippen molar-refractivity contribution in [3.63, 3.8) is 0 Å². The van der Waals surface area contributed by atoms with Gasteiger partial charge < -0.3 is 20.6 Å². The fourth-order valence-corrected chi connectivity index (χ4v) is 5.49. The molecule has 0 heterocycles. The van der Waals surface area contributed by atoms with E-state index in [0.29, 0.717) is 16.8 Å². The molecule has 0 saturated heterocycles. The van der Waals surface area contributed by atoms with E-state index in [1.807, 2.05) is 32.9 Å². The molecule has 3 amide bonds. The topological polar surface area (TPSA) is 142 Å². The maximum absolute atomic E-state index is 13.9. The van der Waals surface area contributed by atoms with E-state index in [-0.39, 0.29) is 23.0 Å². The van der Waals surface area contributed by atoms with Crippen LogP contribution in [0.1, 0.15) is 59.2 Å². The zero-order valence-corrected chi connectivity index (χ0v) is 23.4. The number of anilines is 2. The Balaban J connectivity index is 1.72. The van der Waals surface area contributed by atoms with Crippen LogP contribution in [0.25, 0.3) is 11.1 Å². The fraction of sp³-hybridized carbons (Fsp3) is 0.323. The number of aliphatic carboxylic acids is 1. The molecule has 3 N–H and O–H groups in total. The van der Waals surface area contributed by atoms with Gasteiger partial charge in [0, 0.05) is 23.9 Å². The quantitative estimate of drug-likeness (QED) is 0.208. The average molecular weight is 559 g/mol. The first kappa shape index (κ1) is 29.3. The van der Waals surface area contributed by atoms with Crippen LogP contribution in [0.15, 0.2) is 54.6 Å². The van der Waals surface area contributed by atoms with Crippen LogP contribution in [0, 0.1) is 30.9 Å². The number of non-ortho nitro benzene ring substituents is 1. The number of urea groups is 1. The molecule has 3 aromatic carbocycles. The Morgan fingerprint density at radius 1 is 0.902 bits per heavy atom. The summed E-state index contributed by atoms with van der Waals surface area (Å²) < 4.78 is 0. The first-order valence-electron chi connectivity index (χ1n) is 13.6. The van der Waals surface area contributed by atoms with Gasteiger partial charge >= 0.3 is 12.0 Å². The number of carbonyl (C=O) groups is 3. The van der Waals surface area contributed by atoms with Crippen molar-refractivity contribution in [3.05, 3.63) is 87.0 Å². The van der Waals surface area contributed by atoms with Gasteiger partial charge in [0.25, 0.3) is 11.6 Å². The molecule has 1 saturated carbocycles. The lowest BCUT2D eigenvalue weighted by Crippen LogP contribution is -2.44. The van der Waals surface area contributed by atoms with Gasteiger partial charge in [-0.15, -0.1) is 0 Å². The van der Waals surface area contributed by atoms with Crippen LogP contribution in [-0.2, 0) is 4.79 Å². The molecule has 1 aliphatic carbocycles. The second kappa shape index (κ2) is 12.6. The number of amides is 3. The van der Waals surface area contributed by atoms with E-state index in [2.05, 4.69) is 10.6 Å². The van der Waals surface area contributed by atoms with Gasteiger partial charge in [0.2, 0.25) is 0 Å². The van der Waals surface area contributed by atoms with E-state index in [0.717, 1.165) is 48.8 Å². The normalized spacial score (nSPS) is 13.3. The number of nitrogens with zero attached hydrogens (tertiary/aromatic N) is 2. The summed E-state index contributed by atoms with van der Waals surface area (Å²) >= 11 is 0. The standard InChI is InChI=1S/C31H34N4O6/c1-19-15-20(2)29(21(3)16-19)33-31(39)32-27-17-23(22-9-12-25(13-10-22)35(40)41)11-14-26(27)30(38)34(18-28(36)37)24-7-5-4-6-8-24/h9-17,24H,4-8,18H2,1-3H3,(H,36,37)(H2,32,33,39). The second-order valence-electron chi connectivity index (χ2n) is 10.5. The third-order valence-electron chi connectivity index (χ3n) is 7.41. The van der Waals surface area contributed by atoms with Gasteiger partial charge in [0.1, 0.15) is 6.54 Å². The number of carboxylic acids is 1. The van der Waals surface area contributed by atoms with Gasteiger partial charge in [-0.25, -0.2) is 4.79 Å². The predicted molar refractivity (Wildman–Crippen MR) is 157 cm³/mol. The van der Waals surface area contributed by atoms with E-state index < -0.39 is 29.4 Å². The summed E-state index contributed by atoms with van der Waals surface area (Å²) in [6.45, 7) is 5.32. The Kier molecular flexibility index (Phi) is 9.01. The molecule has 0 aliphatic heterocycles. The van der Waals surface area contributed by atoms with Crippen molar-refractivity contribution in [1.82, 2.24) is 4.90 Å². The lowest BCUT2D eigenvalue weighted by molar-refractivity contribution is -0.384. The van der Waals surface area contributed by atoms with Crippen molar-refractivity contribution in [2.75, 3.05) is 17.2 Å². The molecule has 0 atom stereocenters. The third-order valence-corrected chi connectivity index (χ3v) is 7.41. The molecule has 0 bridgehead atoms. The Morgan fingerprint density at radius 3 is 2.10 bits per heavy atom. The Hall–Kier alpha value is -4.73. The van der Waals surface area contributed by atoms with Crippen molar-refractivity contribution in [2.24, 2.45) is 0 Å². The maximum atomic E-state index is 13.9. The highest BCUT2D eigenvalue weighted by Gasteiger charge is 2.30. The fourth-order valence-electron chi connectivity index (χ4n) is 5.49. The van der Waals surface area contributed by atoms with Gasteiger partial charge in [-0.1, -0.05) is 43.0 Å². The zero-order chi connectivity index (χ0) is 29.7. The first-order chi connectivity index (χ1) is 19.5. The molecule has 0 aromatic heterocycles. The Labute approximate surface area is 238 Å². The van der Waals surface area contributed by atoms with Gasteiger partial charge in [0.15, 0.2) is 0 Å². The summed E-state index contributed by atoms with van der Waals surface area (Å²) in [5.74, 6) is -1.59. The van der Waals surface area contributed by atoms with Crippen molar-refractivity contribution in [1.29, 1.82) is 0 Å². The molecule has 214 valence electrons. The summed E-state index contributed by atoms with van der Waals surface area (Å²) in [6.07, 6.45) is 4.30. The first-order valence-corrected chi connectivity index (χ1v) is 13.6. The van der Waals surface area contributed by atoms with Crippen molar-refractivity contribution in [2.45, 2.75) is 58.9 Å². The van der Waals surface area contributed by atoms with Gasteiger partial charge in [0.05, 0.1) is 16.2 Å². The highest BCUT2D eigenvalue weighted by atomic mass is 16.6. The summed E-state index contributed by atoms with van der Waals surface area (Å²) in [4.78, 5) is 50.9. The van der Waals surface area contributed by atoms with Crippen LogP contribution in [0.4, 0.5) is 21.9 Å². The molecule has 4 rings (SSSR count). The van der Waals surface area contributed by atoms with E-state index in [9.17, 15) is 29.6 Å². The highest BCUT2D eigenvalue weighted by Crippen LogP contribution is 2.31. The lowest BCUT2D eigenvalue weighted by atomic mass is 9.93. The van der Waals surface area contributed by atoms with Crippen LogP contribution in [0.3, 0.4) is 0 Å². The van der Waals surface area contributed by atoms with Crippen LogP contribution in [0.5, 0.6) is 0 Å². The van der Waals surface area contributed by atoms with Crippen molar-refractivity contribution < 1.29 is 24.4 Å². The predicted octanol–water partition coefficient (Wildman–Crippen LogP) is 6.69. The molecule has 10 nitrogen and oxygen atoms in total. The highest BCUT2D eigenvalue weighted by molar-refractivity contribution is 6.08. The molecular formula is C31H34N4O6. The van der Waals surface area contributed by atoms with Crippen molar-refractivity contribution in [3.8, 4) is 11.1 Å². The summed E-state index contributed by atoms with van der Waals surface area (Å²) in [5.41, 5.74) is 5.08. The number of nitro groups is 1. The smallest absolute Gasteiger partial charge is 0.323 e. The summed E-state index contributed by atoms with van der Waals surface area (Å²) in [6, 6.07) is 14.0. The van der Waals surface area contributed by atoms with Gasteiger partial charge in [-0.3, -0.25) is 19.7 Å². The van der Waals surface area contributed by atoms with Gasteiger partial charge in [-0.2, -0.15) is 0 Å². The number of hydrogen-bond donors (Lipinski definition) is 3. The number of benzene rings is 3. The van der Waals surface area contributed by atoms with Crippen molar-refractivity contribution >= 4 is 35.0 Å². The van der Waals surface area contributed by atoms with E-state index in [4.69, 9.17) is 0 Å². The molecule has 0 unspecified atom stereocenters. The van der Waals surface area contributed by atoms with E-state index in [1.165, 1.54) is 17.0 Å². The van der Waals surface area contributed by atoms with Crippen LogP contribution >= 0.6 is 0 Å². The Morgan fingerprint density at radius 2 is 1.51 bits per heavy atom. The third kappa shape index (κ3) is 7.08. The minimum atomic E-state index is -1.11. The number of aryl methyl sites for hydroxylation is 3. The summed E-state index contributed by atoms with van der Waals surface area (Å²) in [7, 11) is 0. The SMILES string of the molecule is Cc1cc(C)c(NC(=O)Nc2cc(-c3ccc([N+](=O)[O-])cc3)ccc2C(=O)N(CC(=O)O)C2CCCCC2)c(C)c1. The molecule has 3 aromatic rings. The molecule has 10 heteroatoms. The molecule has 1 aliphatic rings. The molecule has 0 spiro atoms. The monoisotopic (exact) mass is 558 g/mol. The van der Waals surface area contributed by atoms with E-state index in [1.54, 1.807) is 30.3 Å². The number of nitro benzene ring substituents is 1. The van der Waals surface area contributed by atoms with Crippen LogP contribution in [0.2, 0.25) is 0 Å². The number of rotatable bonds is 8. The van der Waals surface area contributed by atoms with E-state index >= 15 is 0 Å². The summed E-state index contributed by atoms with van der Waals surface area (Å²) in [5, 5.41) is 26.4. The number of nitrogens with one attached hydrogen (secondary N) is 2. The number of carbonyl (C=O) groups excluding carboxylic acids is 2.